The van der Waals surface area contributed by atoms with Crippen LogP contribution in [0.15, 0.2) is 0 Å². The number of nitrogens with zero attached hydrogens (tertiary/aromatic N) is 2. The lowest BCUT2D eigenvalue weighted by atomic mass is 9.78. The Balaban J connectivity index is 1.77. The van der Waals surface area contributed by atoms with Crippen molar-refractivity contribution in [3.8, 4) is 0 Å². The molecule has 3 nitrogen and oxygen atoms in total. The second-order valence-corrected chi connectivity index (χ2v) is 7.58. The van der Waals surface area contributed by atoms with Crippen LogP contribution in [0.5, 0.6) is 0 Å². The zero-order valence-corrected chi connectivity index (χ0v) is 12.9. The second kappa shape index (κ2) is 5.01. The van der Waals surface area contributed by atoms with E-state index in [1.165, 1.54) is 45.2 Å². The van der Waals surface area contributed by atoms with Gasteiger partial charge in [0.05, 0.1) is 0 Å². The van der Waals surface area contributed by atoms with Gasteiger partial charge in [-0.25, -0.2) is 0 Å². The summed E-state index contributed by atoms with van der Waals surface area (Å²) in [5.41, 5.74) is 6.60. The van der Waals surface area contributed by atoms with Crippen LogP contribution in [-0.2, 0) is 0 Å². The zero-order valence-electron chi connectivity index (χ0n) is 12.9. The Morgan fingerprint density at radius 1 is 1.05 bits per heavy atom. The van der Waals surface area contributed by atoms with E-state index in [1.54, 1.807) is 0 Å². The van der Waals surface area contributed by atoms with E-state index in [4.69, 9.17) is 5.73 Å². The van der Waals surface area contributed by atoms with Crippen LogP contribution in [0.1, 0.15) is 46.0 Å². The molecule has 3 heterocycles. The summed E-state index contributed by atoms with van der Waals surface area (Å²) in [7, 11) is 2.32. The SMILES string of the molecule is CC1CCN(C2(CN)CC3CCC(C2)N3C)CC1C. The Labute approximate surface area is 118 Å². The molecule has 19 heavy (non-hydrogen) atoms. The molecule has 4 atom stereocenters. The number of hydrogen-bond acceptors (Lipinski definition) is 3. The highest BCUT2D eigenvalue weighted by Gasteiger charge is 2.49. The molecule has 3 fully saturated rings. The summed E-state index contributed by atoms with van der Waals surface area (Å²) in [4.78, 5) is 5.40. The topological polar surface area (TPSA) is 32.5 Å². The van der Waals surface area contributed by atoms with Gasteiger partial charge < -0.3 is 10.6 Å². The van der Waals surface area contributed by atoms with E-state index in [1.807, 2.05) is 0 Å². The molecule has 0 aliphatic carbocycles. The van der Waals surface area contributed by atoms with Gasteiger partial charge in [-0.2, -0.15) is 0 Å². The molecular weight excluding hydrogens is 234 g/mol. The smallest absolute Gasteiger partial charge is 0.0361 e. The first-order chi connectivity index (χ1) is 9.05. The van der Waals surface area contributed by atoms with E-state index in [0.29, 0.717) is 5.54 Å². The van der Waals surface area contributed by atoms with Gasteiger partial charge in [0.2, 0.25) is 0 Å². The Hall–Kier alpha value is -0.120. The monoisotopic (exact) mass is 265 g/mol. The Morgan fingerprint density at radius 3 is 2.21 bits per heavy atom. The summed E-state index contributed by atoms with van der Waals surface area (Å²) in [6.45, 7) is 8.22. The predicted octanol–water partition coefficient (Wildman–Crippen LogP) is 1.92. The van der Waals surface area contributed by atoms with Gasteiger partial charge >= 0.3 is 0 Å². The number of nitrogens with two attached hydrogens (primary N) is 1. The maximum Gasteiger partial charge on any atom is 0.0361 e. The van der Waals surface area contributed by atoms with Crippen molar-refractivity contribution >= 4 is 0 Å². The molecule has 0 radical (unpaired) electrons. The molecule has 0 aromatic rings. The molecule has 0 amide bonds. The molecule has 110 valence electrons. The molecule has 3 aliphatic heterocycles. The normalized spacial score (nSPS) is 48.6. The maximum absolute atomic E-state index is 6.29. The van der Waals surface area contributed by atoms with Crippen molar-refractivity contribution < 1.29 is 0 Å². The molecular formula is C16H31N3. The second-order valence-electron chi connectivity index (χ2n) is 7.58. The Bertz CT molecular complexity index is 316. The molecule has 3 heteroatoms. The summed E-state index contributed by atoms with van der Waals surface area (Å²) in [5.74, 6) is 1.71. The fraction of sp³-hybridized carbons (Fsp3) is 1.00. The summed E-state index contributed by atoms with van der Waals surface area (Å²) in [5, 5.41) is 0. The summed E-state index contributed by atoms with van der Waals surface area (Å²) >= 11 is 0. The van der Waals surface area contributed by atoms with Crippen molar-refractivity contribution in [3.05, 3.63) is 0 Å². The molecule has 2 bridgehead atoms. The number of rotatable bonds is 2. The molecule has 3 saturated heterocycles. The number of likely N-dealkylation sites (tertiary alicyclic amines) is 1. The lowest BCUT2D eigenvalue weighted by Crippen LogP contribution is -2.64. The van der Waals surface area contributed by atoms with E-state index >= 15 is 0 Å². The third kappa shape index (κ3) is 2.24. The van der Waals surface area contributed by atoms with Crippen molar-refractivity contribution in [2.24, 2.45) is 17.6 Å². The molecule has 3 rings (SSSR count). The van der Waals surface area contributed by atoms with Crippen LogP contribution in [0, 0.1) is 11.8 Å². The van der Waals surface area contributed by atoms with Crippen molar-refractivity contribution in [3.63, 3.8) is 0 Å². The van der Waals surface area contributed by atoms with Crippen LogP contribution in [0.25, 0.3) is 0 Å². The van der Waals surface area contributed by atoms with Gasteiger partial charge in [0.25, 0.3) is 0 Å². The van der Waals surface area contributed by atoms with Gasteiger partial charge in [-0.05, 0) is 57.5 Å². The lowest BCUT2D eigenvalue weighted by Gasteiger charge is -2.53. The van der Waals surface area contributed by atoms with E-state index in [-0.39, 0.29) is 0 Å². The molecule has 4 unspecified atom stereocenters. The third-order valence-corrected chi connectivity index (χ3v) is 6.60. The molecule has 3 aliphatic rings. The highest BCUT2D eigenvalue weighted by atomic mass is 15.3. The van der Waals surface area contributed by atoms with Crippen molar-refractivity contribution in [1.29, 1.82) is 0 Å². The minimum absolute atomic E-state index is 0.312. The Morgan fingerprint density at radius 2 is 1.68 bits per heavy atom. The highest BCUT2D eigenvalue weighted by Crippen LogP contribution is 2.43. The summed E-state index contributed by atoms with van der Waals surface area (Å²) < 4.78 is 0. The zero-order chi connectivity index (χ0) is 13.6. The van der Waals surface area contributed by atoms with Gasteiger partial charge in [0.15, 0.2) is 0 Å². The van der Waals surface area contributed by atoms with Crippen LogP contribution < -0.4 is 5.73 Å². The van der Waals surface area contributed by atoms with Gasteiger partial charge in [0.1, 0.15) is 0 Å². The average molecular weight is 265 g/mol. The standard InChI is InChI=1S/C16H31N3/c1-12-6-7-19(10-13(12)2)16(11-17)8-14-4-5-15(9-16)18(14)3/h12-15H,4-11,17H2,1-3H3. The largest absolute Gasteiger partial charge is 0.329 e. The predicted molar refractivity (Wildman–Crippen MR) is 80.1 cm³/mol. The fourth-order valence-electron chi connectivity index (χ4n) is 4.79. The number of fused-ring (bicyclic) bond motifs is 2. The highest BCUT2D eigenvalue weighted by molar-refractivity contribution is 5.07. The minimum atomic E-state index is 0.312. The van der Waals surface area contributed by atoms with Crippen LogP contribution in [0.2, 0.25) is 0 Å². The maximum atomic E-state index is 6.29. The van der Waals surface area contributed by atoms with Crippen molar-refractivity contribution in [2.75, 3.05) is 26.7 Å². The first kappa shape index (κ1) is 13.8. The van der Waals surface area contributed by atoms with Crippen molar-refractivity contribution in [1.82, 2.24) is 9.80 Å². The Kier molecular flexibility index (Phi) is 3.65. The molecule has 0 aromatic carbocycles. The van der Waals surface area contributed by atoms with Crippen LogP contribution in [-0.4, -0.2) is 54.1 Å². The van der Waals surface area contributed by atoms with Crippen LogP contribution in [0.3, 0.4) is 0 Å². The van der Waals surface area contributed by atoms with E-state index in [0.717, 1.165) is 30.5 Å². The summed E-state index contributed by atoms with van der Waals surface area (Å²) in [6, 6.07) is 1.58. The van der Waals surface area contributed by atoms with Crippen LogP contribution in [0.4, 0.5) is 0 Å². The first-order valence-corrected chi connectivity index (χ1v) is 8.23. The van der Waals surface area contributed by atoms with Gasteiger partial charge in [0, 0.05) is 30.7 Å². The van der Waals surface area contributed by atoms with E-state index < -0.39 is 0 Å². The van der Waals surface area contributed by atoms with Gasteiger partial charge in [-0.3, -0.25) is 4.90 Å². The number of hydrogen-bond donors (Lipinski definition) is 1. The van der Waals surface area contributed by atoms with E-state index in [2.05, 4.69) is 30.7 Å². The molecule has 0 spiro atoms. The number of piperidine rings is 2. The fourth-order valence-corrected chi connectivity index (χ4v) is 4.79. The minimum Gasteiger partial charge on any atom is -0.329 e. The lowest BCUT2D eigenvalue weighted by molar-refractivity contribution is -0.0295. The third-order valence-electron chi connectivity index (χ3n) is 6.60. The van der Waals surface area contributed by atoms with Crippen LogP contribution >= 0.6 is 0 Å². The van der Waals surface area contributed by atoms with Crippen molar-refractivity contribution in [2.45, 2.75) is 63.6 Å². The summed E-state index contributed by atoms with van der Waals surface area (Å²) in [6.07, 6.45) is 6.74. The molecule has 2 N–H and O–H groups in total. The van der Waals surface area contributed by atoms with E-state index in [9.17, 15) is 0 Å². The average Bonchev–Trinajstić information content (AvgIpc) is 2.65. The molecule has 0 saturated carbocycles. The molecule has 0 aromatic heterocycles. The quantitative estimate of drug-likeness (QED) is 0.828. The van der Waals surface area contributed by atoms with Gasteiger partial charge in [-0.15, -0.1) is 0 Å². The first-order valence-electron chi connectivity index (χ1n) is 8.23. The van der Waals surface area contributed by atoms with Gasteiger partial charge in [-0.1, -0.05) is 13.8 Å².